The zero-order valence-corrected chi connectivity index (χ0v) is 7.84. The average Bonchev–Trinajstić information content (AvgIpc) is 2.16. The van der Waals surface area contributed by atoms with E-state index >= 15 is 0 Å². The van der Waals surface area contributed by atoms with Gasteiger partial charge in [0.05, 0.1) is 12.7 Å². The Balaban J connectivity index is 2.61. The molecule has 2 N–H and O–H groups in total. The van der Waals surface area contributed by atoms with Crippen molar-refractivity contribution >= 4 is 0 Å². The minimum atomic E-state index is -0.881. The zero-order chi connectivity index (χ0) is 9.84. The highest BCUT2D eigenvalue weighted by Gasteiger charge is 2.38. The second-order valence-electron chi connectivity index (χ2n) is 3.02. The van der Waals surface area contributed by atoms with E-state index in [-0.39, 0.29) is 18.8 Å². The van der Waals surface area contributed by atoms with Crippen molar-refractivity contribution in [3.63, 3.8) is 0 Å². The number of aliphatic hydroxyl groups is 2. The van der Waals surface area contributed by atoms with Crippen LogP contribution < -0.4 is 0 Å². The van der Waals surface area contributed by atoms with Gasteiger partial charge in [0.25, 0.3) is 0 Å². The van der Waals surface area contributed by atoms with Crippen LogP contribution in [0, 0.1) is 0 Å². The second kappa shape index (κ2) is 4.88. The molecule has 0 aromatic carbocycles. The van der Waals surface area contributed by atoms with Crippen molar-refractivity contribution in [2.45, 2.75) is 31.0 Å². The molecule has 13 heavy (non-hydrogen) atoms. The van der Waals surface area contributed by atoms with Crippen molar-refractivity contribution in [3.8, 4) is 0 Å². The molecule has 0 aromatic heterocycles. The van der Waals surface area contributed by atoms with Crippen LogP contribution in [0.4, 0.5) is 0 Å². The Kier molecular flexibility index (Phi) is 4.08. The summed E-state index contributed by atoms with van der Waals surface area (Å²) in [6.45, 7) is -0.185. The summed E-state index contributed by atoms with van der Waals surface area (Å²) >= 11 is 0. The first-order valence-corrected chi connectivity index (χ1v) is 4.23. The third-order valence-corrected chi connectivity index (χ3v) is 2.25. The van der Waals surface area contributed by atoms with Crippen LogP contribution in [0.3, 0.4) is 0 Å². The fourth-order valence-corrected chi connectivity index (χ4v) is 1.59. The third kappa shape index (κ3) is 2.38. The topological polar surface area (TPSA) is 68.2 Å². The molecule has 5 nitrogen and oxygen atoms in total. The quantitative estimate of drug-likeness (QED) is 0.607. The van der Waals surface area contributed by atoms with Crippen molar-refractivity contribution in [2.24, 2.45) is 0 Å². The first-order chi connectivity index (χ1) is 6.22. The summed E-state index contributed by atoms with van der Waals surface area (Å²) < 4.78 is 15.3. The smallest absolute Gasteiger partial charge is 0.157 e. The lowest BCUT2D eigenvalue weighted by Crippen LogP contribution is -2.51. The van der Waals surface area contributed by atoms with Crippen molar-refractivity contribution in [3.05, 3.63) is 0 Å². The van der Waals surface area contributed by atoms with Crippen molar-refractivity contribution in [1.29, 1.82) is 0 Å². The highest BCUT2D eigenvalue weighted by Crippen LogP contribution is 2.22. The summed E-state index contributed by atoms with van der Waals surface area (Å²) in [6, 6.07) is 0. The normalized spacial score (nSPS) is 40.6. The van der Waals surface area contributed by atoms with Gasteiger partial charge in [0.2, 0.25) is 0 Å². The lowest BCUT2D eigenvalue weighted by molar-refractivity contribution is -0.249. The average molecular weight is 192 g/mol. The highest BCUT2D eigenvalue weighted by molar-refractivity contribution is 4.84. The molecule has 1 rings (SSSR count). The van der Waals surface area contributed by atoms with Gasteiger partial charge in [-0.3, -0.25) is 0 Å². The Hall–Kier alpha value is -0.200. The molecule has 0 bridgehead atoms. The van der Waals surface area contributed by atoms with Crippen LogP contribution in [0.2, 0.25) is 0 Å². The predicted octanol–water partition coefficient (Wildman–Crippen LogP) is -0.884. The molecule has 0 saturated carbocycles. The Labute approximate surface area is 77.2 Å². The van der Waals surface area contributed by atoms with Crippen LogP contribution in [0.1, 0.15) is 6.42 Å². The lowest BCUT2D eigenvalue weighted by atomic mass is 10.0. The molecule has 5 heteroatoms. The molecule has 0 aliphatic carbocycles. The Morgan fingerprint density at radius 2 is 2.08 bits per heavy atom. The molecule has 0 aromatic rings. The predicted molar refractivity (Wildman–Crippen MR) is 44.2 cm³/mol. The number of hydrogen-bond donors (Lipinski definition) is 2. The summed E-state index contributed by atoms with van der Waals surface area (Å²) in [7, 11) is 3.07. The van der Waals surface area contributed by atoms with Gasteiger partial charge in [0.15, 0.2) is 6.29 Å². The lowest BCUT2D eigenvalue weighted by Gasteiger charge is -2.37. The first kappa shape index (κ1) is 10.9. The van der Waals surface area contributed by atoms with Gasteiger partial charge in [-0.1, -0.05) is 0 Å². The number of aliphatic hydroxyl groups excluding tert-OH is 2. The molecule has 1 aliphatic rings. The maximum atomic E-state index is 9.26. The van der Waals surface area contributed by atoms with E-state index in [0.29, 0.717) is 6.42 Å². The molecule has 1 heterocycles. The van der Waals surface area contributed by atoms with E-state index in [1.165, 1.54) is 7.11 Å². The summed E-state index contributed by atoms with van der Waals surface area (Å²) in [5.41, 5.74) is 0. The molecule has 0 amide bonds. The molecule has 1 fully saturated rings. The van der Waals surface area contributed by atoms with Gasteiger partial charge in [0, 0.05) is 20.6 Å². The zero-order valence-electron chi connectivity index (χ0n) is 7.84. The van der Waals surface area contributed by atoms with Crippen LogP contribution in [-0.4, -0.2) is 55.6 Å². The third-order valence-electron chi connectivity index (χ3n) is 2.25. The minimum absolute atomic E-state index is 0.185. The van der Waals surface area contributed by atoms with E-state index in [2.05, 4.69) is 0 Å². The molecule has 1 saturated heterocycles. The van der Waals surface area contributed by atoms with E-state index in [1.807, 2.05) is 0 Å². The molecular weight excluding hydrogens is 176 g/mol. The largest absolute Gasteiger partial charge is 0.394 e. The van der Waals surface area contributed by atoms with Gasteiger partial charge in [-0.05, 0) is 0 Å². The van der Waals surface area contributed by atoms with Gasteiger partial charge in [-0.2, -0.15) is 0 Å². The Bertz CT molecular complexity index is 137. The van der Waals surface area contributed by atoms with Gasteiger partial charge in [0.1, 0.15) is 12.2 Å². The molecule has 4 atom stereocenters. The number of methoxy groups -OCH3 is 2. The van der Waals surface area contributed by atoms with E-state index in [1.54, 1.807) is 7.11 Å². The Morgan fingerprint density at radius 3 is 2.54 bits per heavy atom. The number of rotatable bonds is 3. The van der Waals surface area contributed by atoms with Crippen LogP contribution in [-0.2, 0) is 14.2 Å². The fraction of sp³-hybridized carbons (Fsp3) is 1.00. The standard InChI is InChI=1S/C8H16O5/c1-11-5-3-7(10)13-6(4-9)8(5)12-2/h5-10H,3-4H2,1-2H3/t5-,6-,7-,8+/m1/s1. The SMILES string of the molecule is CO[C@H]1[C@H](OC)C[C@H](O)O[C@@H]1CO. The molecule has 78 valence electrons. The van der Waals surface area contributed by atoms with E-state index in [4.69, 9.17) is 19.3 Å². The number of ether oxygens (including phenoxy) is 3. The second-order valence-corrected chi connectivity index (χ2v) is 3.02. The summed E-state index contributed by atoms with van der Waals surface area (Å²) in [6.07, 6.45) is -1.58. The minimum Gasteiger partial charge on any atom is -0.394 e. The highest BCUT2D eigenvalue weighted by atomic mass is 16.6. The molecule has 1 aliphatic heterocycles. The fourth-order valence-electron chi connectivity index (χ4n) is 1.59. The number of hydrogen-bond acceptors (Lipinski definition) is 5. The van der Waals surface area contributed by atoms with Crippen molar-refractivity contribution in [1.82, 2.24) is 0 Å². The van der Waals surface area contributed by atoms with E-state index < -0.39 is 12.4 Å². The molecule has 0 spiro atoms. The van der Waals surface area contributed by atoms with Gasteiger partial charge < -0.3 is 24.4 Å². The monoisotopic (exact) mass is 192 g/mol. The Morgan fingerprint density at radius 1 is 1.38 bits per heavy atom. The van der Waals surface area contributed by atoms with Gasteiger partial charge >= 0.3 is 0 Å². The maximum Gasteiger partial charge on any atom is 0.157 e. The van der Waals surface area contributed by atoms with E-state index in [0.717, 1.165) is 0 Å². The van der Waals surface area contributed by atoms with Crippen molar-refractivity contribution < 1.29 is 24.4 Å². The molecule has 0 radical (unpaired) electrons. The summed E-state index contributed by atoms with van der Waals surface area (Å²) in [4.78, 5) is 0. The maximum absolute atomic E-state index is 9.26. The van der Waals surface area contributed by atoms with Crippen molar-refractivity contribution in [2.75, 3.05) is 20.8 Å². The molecular formula is C8H16O5. The first-order valence-electron chi connectivity index (χ1n) is 4.23. The van der Waals surface area contributed by atoms with Crippen LogP contribution in [0.5, 0.6) is 0 Å². The summed E-state index contributed by atoms with van der Waals surface area (Å²) in [5, 5.41) is 18.2. The van der Waals surface area contributed by atoms with Gasteiger partial charge in [-0.25, -0.2) is 0 Å². The molecule has 0 unspecified atom stereocenters. The van der Waals surface area contributed by atoms with Crippen LogP contribution in [0.15, 0.2) is 0 Å². The summed E-state index contributed by atoms with van der Waals surface area (Å²) in [5.74, 6) is 0. The van der Waals surface area contributed by atoms with Crippen LogP contribution in [0.25, 0.3) is 0 Å². The van der Waals surface area contributed by atoms with Gasteiger partial charge in [-0.15, -0.1) is 0 Å². The van der Waals surface area contributed by atoms with E-state index in [9.17, 15) is 5.11 Å². The van der Waals surface area contributed by atoms with Crippen LogP contribution >= 0.6 is 0 Å².